The van der Waals surface area contributed by atoms with Crippen molar-refractivity contribution in [1.29, 1.82) is 0 Å². The predicted molar refractivity (Wildman–Crippen MR) is 103 cm³/mol. The van der Waals surface area contributed by atoms with E-state index in [0.717, 1.165) is 36.0 Å². The van der Waals surface area contributed by atoms with Crippen LogP contribution in [-0.2, 0) is 9.78 Å². The molecule has 2 bridgehead atoms. The second kappa shape index (κ2) is 7.70. The largest absolute Gasteiger partial charge is 0.297 e. The first kappa shape index (κ1) is 17.4. The van der Waals surface area contributed by atoms with Crippen LogP contribution in [0.5, 0.6) is 0 Å². The van der Waals surface area contributed by atoms with Crippen LogP contribution in [0.1, 0.15) is 24.5 Å². The first-order valence-corrected chi connectivity index (χ1v) is 9.41. The summed E-state index contributed by atoms with van der Waals surface area (Å²) in [6, 6.07) is 10.6. The highest BCUT2D eigenvalue weighted by molar-refractivity contribution is 5.82. The zero-order valence-electron chi connectivity index (χ0n) is 15.1. The van der Waals surface area contributed by atoms with Gasteiger partial charge in [0.05, 0.1) is 5.52 Å². The fraction of sp³-hybridized carbons (Fsp3) is 0.409. The van der Waals surface area contributed by atoms with Crippen molar-refractivity contribution in [2.45, 2.75) is 25.0 Å². The summed E-state index contributed by atoms with van der Waals surface area (Å²) in [5, 5.41) is 1.13. The molecule has 1 aromatic heterocycles. The maximum Gasteiger partial charge on any atom is 0.134 e. The first-order chi connectivity index (χ1) is 12.8. The number of fused-ring (bicyclic) bond motifs is 4. The van der Waals surface area contributed by atoms with Crippen molar-refractivity contribution in [1.82, 2.24) is 9.88 Å². The molecule has 136 valence electrons. The summed E-state index contributed by atoms with van der Waals surface area (Å²) in [7, 11) is 0. The van der Waals surface area contributed by atoms with E-state index in [-0.39, 0.29) is 6.10 Å². The Labute approximate surface area is 155 Å². The van der Waals surface area contributed by atoms with E-state index in [1.54, 1.807) is 6.08 Å². The molecular weight excluding hydrogens is 324 g/mol. The van der Waals surface area contributed by atoms with E-state index >= 15 is 0 Å². The Hall–Kier alpha value is -2.01. The summed E-state index contributed by atoms with van der Waals surface area (Å²) >= 11 is 0. The fourth-order valence-electron chi connectivity index (χ4n) is 4.54. The first-order valence-electron chi connectivity index (χ1n) is 9.41. The number of hydrogen-bond donors (Lipinski definition) is 0. The predicted octanol–water partition coefficient (Wildman–Crippen LogP) is 4.31. The lowest BCUT2D eigenvalue weighted by molar-refractivity contribution is -0.334. The third-order valence-corrected chi connectivity index (χ3v) is 5.85. The molecule has 3 fully saturated rings. The summed E-state index contributed by atoms with van der Waals surface area (Å²) in [4.78, 5) is 18.5. The van der Waals surface area contributed by atoms with Gasteiger partial charge in [-0.05, 0) is 48.9 Å². The number of rotatable bonds is 7. The Morgan fingerprint density at radius 1 is 1.27 bits per heavy atom. The third-order valence-electron chi connectivity index (χ3n) is 5.85. The van der Waals surface area contributed by atoms with Gasteiger partial charge >= 0.3 is 0 Å². The number of para-hydroxylation sites is 1. The highest BCUT2D eigenvalue weighted by Crippen LogP contribution is 2.43. The van der Waals surface area contributed by atoms with Crippen molar-refractivity contribution in [2.24, 2.45) is 11.8 Å². The fourth-order valence-corrected chi connectivity index (χ4v) is 4.54. The van der Waals surface area contributed by atoms with Crippen LogP contribution >= 0.6 is 0 Å². The van der Waals surface area contributed by atoms with E-state index < -0.39 is 0 Å². The number of benzene rings is 1. The molecule has 5 atom stereocenters. The summed E-state index contributed by atoms with van der Waals surface area (Å²) < 4.78 is 0. The van der Waals surface area contributed by atoms with Crippen molar-refractivity contribution >= 4 is 10.9 Å². The van der Waals surface area contributed by atoms with Gasteiger partial charge in [-0.15, -0.1) is 13.2 Å². The van der Waals surface area contributed by atoms with Crippen LogP contribution in [-0.4, -0.2) is 35.6 Å². The lowest BCUT2D eigenvalue weighted by Crippen LogP contribution is -2.55. The Morgan fingerprint density at radius 2 is 2.15 bits per heavy atom. The van der Waals surface area contributed by atoms with Gasteiger partial charge in [-0.1, -0.05) is 30.4 Å². The quantitative estimate of drug-likeness (QED) is 0.323. The Kier molecular flexibility index (Phi) is 5.16. The molecule has 0 amide bonds. The Bertz CT molecular complexity index is 785. The molecule has 0 N–H and O–H groups in total. The van der Waals surface area contributed by atoms with E-state index in [0.29, 0.717) is 24.5 Å². The lowest BCUT2D eigenvalue weighted by Gasteiger charge is -2.51. The number of pyridine rings is 1. The second-order valence-electron chi connectivity index (χ2n) is 7.25. The van der Waals surface area contributed by atoms with Crippen LogP contribution in [0.3, 0.4) is 0 Å². The van der Waals surface area contributed by atoms with Gasteiger partial charge in [0.2, 0.25) is 0 Å². The topological polar surface area (TPSA) is 34.6 Å². The van der Waals surface area contributed by atoms with Gasteiger partial charge in [-0.3, -0.25) is 9.88 Å². The van der Waals surface area contributed by atoms with Gasteiger partial charge in [0.25, 0.3) is 0 Å². The van der Waals surface area contributed by atoms with Crippen molar-refractivity contribution in [3.63, 3.8) is 0 Å². The molecule has 4 nitrogen and oxygen atoms in total. The molecule has 4 heteroatoms. The van der Waals surface area contributed by atoms with Crippen LogP contribution in [0.4, 0.5) is 0 Å². The summed E-state index contributed by atoms with van der Waals surface area (Å²) in [6.45, 7) is 10.3. The summed E-state index contributed by atoms with van der Waals surface area (Å²) in [5.74, 6) is 1.27. The Morgan fingerprint density at radius 3 is 2.92 bits per heavy atom. The average Bonchev–Trinajstić information content (AvgIpc) is 2.71. The van der Waals surface area contributed by atoms with Crippen LogP contribution < -0.4 is 0 Å². The van der Waals surface area contributed by atoms with Crippen LogP contribution in [0.25, 0.3) is 10.9 Å². The molecule has 0 aliphatic carbocycles. The molecule has 0 spiro atoms. The minimum Gasteiger partial charge on any atom is -0.297 e. The summed E-state index contributed by atoms with van der Waals surface area (Å²) in [6.07, 6.45) is 7.91. The smallest absolute Gasteiger partial charge is 0.134 e. The molecule has 0 saturated carbocycles. The maximum absolute atomic E-state index is 5.97. The van der Waals surface area contributed by atoms with E-state index in [2.05, 4.69) is 47.3 Å². The summed E-state index contributed by atoms with van der Waals surface area (Å²) in [5.41, 5.74) is 2.13. The standard InChI is InChI=1S/C22H26N2O2/c1-3-13-25-26-22(19-9-11-23-20-8-6-5-7-18(19)20)21-14-17-10-12-24(21)15-16(17)4-2/h3-9,11,16-17,21-22H,1-2,10,12-15H2/t16-,17-,21+,22-/m0/s1. The average molecular weight is 350 g/mol. The van der Waals surface area contributed by atoms with Gasteiger partial charge in [-0.2, -0.15) is 0 Å². The number of aromatic nitrogens is 1. The Balaban J connectivity index is 1.68. The molecule has 3 saturated heterocycles. The molecule has 4 heterocycles. The molecular formula is C22H26N2O2. The molecule has 0 radical (unpaired) electrons. The van der Waals surface area contributed by atoms with Crippen molar-refractivity contribution in [2.75, 3.05) is 19.7 Å². The lowest BCUT2D eigenvalue weighted by atomic mass is 9.73. The molecule has 1 aromatic carbocycles. The highest BCUT2D eigenvalue weighted by Gasteiger charge is 2.43. The number of piperidine rings is 3. The molecule has 2 aromatic rings. The number of hydrogen-bond acceptors (Lipinski definition) is 4. The van der Waals surface area contributed by atoms with Crippen molar-refractivity contribution < 1.29 is 9.78 Å². The molecule has 3 aliphatic rings. The monoisotopic (exact) mass is 350 g/mol. The zero-order valence-corrected chi connectivity index (χ0v) is 15.1. The van der Waals surface area contributed by atoms with E-state index in [9.17, 15) is 0 Å². The molecule has 1 unspecified atom stereocenters. The molecule has 26 heavy (non-hydrogen) atoms. The minimum atomic E-state index is -0.142. The third kappa shape index (κ3) is 3.20. The van der Waals surface area contributed by atoms with Gasteiger partial charge in [0.15, 0.2) is 0 Å². The molecule has 3 aliphatic heterocycles. The SMILES string of the molecule is C=CCOO[C@@H](c1ccnc2ccccc12)[C@H]1C[C@@H]2CCN1C[C@@H]2C=C. The normalized spacial score (nSPS) is 28.8. The van der Waals surface area contributed by atoms with Crippen molar-refractivity contribution in [3.8, 4) is 0 Å². The minimum absolute atomic E-state index is 0.142. The zero-order chi connectivity index (χ0) is 17.9. The number of nitrogens with zero attached hydrogens (tertiary/aromatic N) is 2. The van der Waals surface area contributed by atoms with Crippen LogP contribution in [0.2, 0.25) is 0 Å². The van der Waals surface area contributed by atoms with Gasteiger partial charge in [0.1, 0.15) is 12.7 Å². The van der Waals surface area contributed by atoms with Gasteiger partial charge in [0, 0.05) is 24.2 Å². The maximum atomic E-state index is 5.97. The molecule has 5 rings (SSSR count). The van der Waals surface area contributed by atoms with E-state index in [1.165, 1.54) is 6.42 Å². The second-order valence-corrected chi connectivity index (χ2v) is 7.25. The highest BCUT2D eigenvalue weighted by atomic mass is 17.2. The van der Waals surface area contributed by atoms with Gasteiger partial charge in [-0.25, -0.2) is 9.78 Å². The van der Waals surface area contributed by atoms with Crippen LogP contribution in [0, 0.1) is 11.8 Å². The van der Waals surface area contributed by atoms with E-state index in [4.69, 9.17) is 9.78 Å². The van der Waals surface area contributed by atoms with Crippen molar-refractivity contribution in [3.05, 3.63) is 67.4 Å². The van der Waals surface area contributed by atoms with Crippen LogP contribution in [0.15, 0.2) is 61.8 Å². The van der Waals surface area contributed by atoms with E-state index in [1.807, 2.05) is 18.3 Å². The van der Waals surface area contributed by atoms with Gasteiger partial charge < -0.3 is 0 Å².